The Morgan fingerprint density at radius 3 is 2.62 bits per heavy atom. The standard InChI is InChI=1S/C21H17FN4O3/c22-13-3-6-16-15(10-13)18-12(7-8-24-21(29)19(18)26-16)9-17(27)25-14-4-1-11(2-5-14)20(23)28/h1-7,10,26H,8-9H2,(H2,23,28)(H,24,29)(H,25,27). The van der Waals surface area contributed by atoms with Crippen molar-refractivity contribution in [1.29, 1.82) is 0 Å². The van der Waals surface area contributed by atoms with Crippen LogP contribution in [0, 0.1) is 5.82 Å². The van der Waals surface area contributed by atoms with Crippen LogP contribution in [0.5, 0.6) is 0 Å². The molecule has 1 aliphatic heterocycles. The first kappa shape index (κ1) is 18.4. The number of primary amides is 1. The number of nitrogens with two attached hydrogens (primary N) is 1. The first-order valence-electron chi connectivity index (χ1n) is 8.91. The molecule has 0 saturated heterocycles. The van der Waals surface area contributed by atoms with Gasteiger partial charge in [0.1, 0.15) is 11.5 Å². The molecule has 29 heavy (non-hydrogen) atoms. The van der Waals surface area contributed by atoms with E-state index in [1.165, 1.54) is 24.3 Å². The Labute approximate surface area is 164 Å². The van der Waals surface area contributed by atoms with Gasteiger partial charge in [0.25, 0.3) is 5.91 Å². The number of H-pyrrole nitrogens is 1. The lowest BCUT2D eigenvalue weighted by atomic mass is 9.98. The molecular formula is C21H17FN4O3. The highest BCUT2D eigenvalue weighted by Crippen LogP contribution is 2.32. The van der Waals surface area contributed by atoms with Gasteiger partial charge in [-0.1, -0.05) is 6.08 Å². The van der Waals surface area contributed by atoms with Gasteiger partial charge in [0.15, 0.2) is 0 Å². The Hall–Kier alpha value is -3.94. The Balaban J connectivity index is 1.62. The maximum absolute atomic E-state index is 13.8. The van der Waals surface area contributed by atoms with Gasteiger partial charge in [0.2, 0.25) is 11.8 Å². The largest absolute Gasteiger partial charge is 0.366 e. The smallest absolute Gasteiger partial charge is 0.268 e. The summed E-state index contributed by atoms with van der Waals surface area (Å²) in [7, 11) is 0. The highest BCUT2D eigenvalue weighted by molar-refractivity contribution is 6.10. The van der Waals surface area contributed by atoms with Crippen LogP contribution in [0.2, 0.25) is 0 Å². The number of rotatable bonds is 4. The van der Waals surface area contributed by atoms with Crippen LogP contribution in [0.1, 0.15) is 32.8 Å². The van der Waals surface area contributed by atoms with E-state index in [9.17, 15) is 18.8 Å². The van der Waals surface area contributed by atoms with Crippen molar-refractivity contribution in [3.05, 3.63) is 71.2 Å². The quantitative estimate of drug-likeness (QED) is 0.547. The van der Waals surface area contributed by atoms with Crippen LogP contribution >= 0.6 is 0 Å². The number of fused-ring (bicyclic) bond motifs is 3. The molecule has 3 amide bonds. The molecule has 2 aromatic carbocycles. The number of halogens is 1. The van der Waals surface area contributed by atoms with Crippen LogP contribution in [0.25, 0.3) is 16.5 Å². The van der Waals surface area contributed by atoms with E-state index in [2.05, 4.69) is 15.6 Å². The van der Waals surface area contributed by atoms with Crippen molar-refractivity contribution >= 4 is 39.9 Å². The number of aromatic nitrogens is 1. The van der Waals surface area contributed by atoms with E-state index < -0.39 is 11.7 Å². The SMILES string of the molecule is NC(=O)c1ccc(NC(=O)CC2=CCNC(=O)c3[nH]c4ccc(F)cc4c32)cc1. The maximum Gasteiger partial charge on any atom is 0.268 e. The van der Waals surface area contributed by atoms with Crippen LogP contribution in [0.15, 0.2) is 48.5 Å². The molecule has 7 nitrogen and oxygen atoms in total. The van der Waals surface area contributed by atoms with E-state index in [0.29, 0.717) is 39.0 Å². The number of aromatic amines is 1. The molecule has 0 aliphatic carbocycles. The Kier molecular flexibility index (Phi) is 4.59. The minimum Gasteiger partial charge on any atom is -0.366 e. The second-order valence-corrected chi connectivity index (χ2v) is 6.67. The van der Waals surface area contributed by atoms with Crippen molar-refractivity contribution in [2.75, 3.05) is 11.9 Å². The number of amides is 3. The molecule has 1 aromatic heterocycles. The number of nitrogens with one attached hydrogen (secondary N) is 3. The Morgan fingerprint density at radius 1 is 1.14 bits per heavy atom. The summed E-state index contributed by atoms with van der Waals surface area (Å²) in [6, 6.07) is 10.4. The second kappa shape index (κ2) is 7.23. The van der Waals surface area contributed by atoms with E-state index in [1.807, 2.05) is 0 Å². The molecule has 8 heteroatoms. The molecule has 2 heterocycles. The number of hydrogen-bond donors (Lipinski definition) is 4. The summed E-state index contributed by atoms with van der Waals surface area (Å²) in [5.74, 6) is -1.61. The lowest BCUT2D eigenvalue weighted by Crippen LogP contribution is -2.22. The predicted octanol–water partition coefficient (Wildman–Crippen LogP) is 2.56. The minimum atomic E-state index is -0.553. The predicted molar refractivity (Wildman–Crippen MR) is 107 cm³/mol. The summed E-state index contributed by atoms with van der Waals surface area (Å²) in [4.78, 5) is 39.1. The van der Waals surface area contributed by atoms with E-state index in [0.717, 1.165) is 0 Å². The number of hydrogen-bond acceptors (Lipinski definition) is 3. The highest BCUT2D eigenvalue weighted by atomic mass is 19.1. The monoisotopic (exact) mass is 392 g/mol. The fraction of sp³-hybridized carbons (Fsp3) is 0.0952. The third kappa shape index (κ3) is 3.60. The van der Waals surface area contributed by atoms with Crippen LogP contribution in [-0.2, 0) is 4.79 Å². The molecule has 146 valence electrons. The fourth-order valence-corrected chi connectivity index (χ4v) is 3.38. The molecule has 0 atom stereocenters. The van der Waals surface area contributed by atoms with Crippen molar-refractivity contribution in [3.8, 4) is 0 Å². The first-order valence-corrected chi connectivity index (χ1v) is 8.91. The van der Waals surface area contributed by atoms with Crippen molar-refractivity contribution in [3.63, 3.8) is 0 Å². The molecule has 0 spiro atoms. The molecule has 1 aliphatic rings. The molecule has 5 N–H and O–H groups in total. The third-order valence-corrected chi connectivity index (χ3v) is 4.72. The summed E-state index contributed by atoms with van der Waals surface area (Å²) < 4.78 is 13.8. The maximum atomic E-state index is 13.8. The normalized spacial score (nSPS) is 13.3. The summed E-state index contributed by atoms with van der Waals surface area (Å²) in [6.45, 7) is 0.258. The van der Waals surface area contributed by atoms with Crippen molar-refractivity contribution in [2.45, 2.75) is 6.42 Å². The zero-order chi connectivity index (χ0) is 20.5. The van der Waals surface area contributed by atoms with Gasteiger partial charge >= 0.3 is 0 Å². The number of anilines is 1. The molecule has 0 fully saturated rings. The number of benzene rings is 2. The average molecular weight is 392 g/mol. The summed E-state index contributed by atoms with van der Waals surface area (Å²) in [5, 5.41) is 6.02. The molecule has 4 rings (SSSR count). The van der Waals surface area contributed by atoms with E-state index in [-0.39, 0.29) is 24.8 Å². The summed E-state index contributed by atoms with van der Waals surface area (Å²) in [6.07, 6.45) is 1.74. The minimum absolute atomic E-state index is 0.0109. The van der Waals surface area contributed by atoms with Gasteiger partial charge in [-0.25, -0.2) is 4.39 Å². The molecule has 0 radical (unpaired) electrons. The zero-order valence-electron chi connectivity index (χ0n) is 15.2. The summed E-state index contributed by atoms with van der Waals surface area (Å²) in [5.41, 5.74) is 8.10. The van der Waals surface area contributed by atoms with E-state index >= 15 is 0 Å². The highest BCUT2D eigenvalue weighted by Gasteiger charge is 2.24. The van der Waals surface area contributed by atoms with Gasteiger partial charge in [0, 0.05) is 34.3 Å². The van der Waals surface area contributed by atoms with Gasteiger partial charge < -0.3 is 21.4 Å². The second-order valence-electron chi connectivity index (χ2n) is 6.67. The van der Waals surface area contributed by atoms with Gasteiger partial charge in [0.05, 0.1) is 6.42 Å². The van der Waals surface area contributed by atoms with Crippen molar-refractivity contribution in [1.82, 2.24) is 10.3 Å². The molecule has 3 aromatic rings. The lowest BCUT2D eigenvalue weighted by Gasteiger charge is -2.09. The number of carbonyl (C=O) groups is 3. The van der Waals surface area contributed by atoms with Crippen molar-refractivity contribution < 1.29 is 18.8 Å². The molecular weight excluding hydrogens is 375 g/mol. The van der Waals surface area contributed by atoms with Crippen LogP contribution in [0.3, 0.4) is 0 Å². The van der Waals surface area contributed by atoms with Crippen LogP contribution in [-0.4, -0.2) is 29.3 Å². The average Bonchev–Trinajstić information content (AvgIpc) is 2.98. The van der Waals surface area contributed by atoms with Gasteiger partial charge in [-0.2, -0.15) is 0 Å². The first-order chi connectivity index (χ1) is 13.9. The third-order valence-electron chi connectivity index (χ3n) is 4.72. The van der Waals surface area contributed by atoms with E-state index in [4.69, 9.17) is 5.73 Å². The lowest BCUT2D eigenvalue weighted by molar-refractivity contribution is -0.115. The zero-order valence-corrected chi connectivity index (χ0v) is 15.2. The molecule has 0 bridgehead atoms. The Morgan fingerprint density at radius 2 is 1.90 bits per heavy atom. The Bertz CT molecular complexity index is 1180. The van der Waals surface area contributed by atoms with E-state index in [1.54, 1.807) is 24.3 Å². The summed E-state index contributed by atoms with van der Waals surface area (Å²) >= 11 is 0. The fourth-order valence-electron chi connectivity index (χ4n) is 3.38. The number of carbonyl (C=O) groups excluding carboxylic acids is 3. The molecule has 0 saturated carbocycles. The van der Waals surface area contributed by atoms with Crippen LogP contribution in [0.4, 0.5) is 10.1 Å². The van der Waals surface area contributed by atoms with Crippen molar-refractivity contribution in [2.24, 2.45) is 5.73 Å². The van der Waals surface area contributed by atoms with Gasteiger partial charge in [-0.3, -0.25) is 14.4 Å². The van der Waals surface area contributed by atoms with Gasteiger partial charge in [-0.05, 0) is 48.0 Å². The molecule has 0 unspecified atom stereocenters. The van der Waals surface area contributed by atoms with Gasteiger partial charge in [-0.15, -0.1) is 0 Å². The topological polar surface area (TPSA) is 117 Å². The van der Waals surface area contributed by atoms with Crippen LogP contribution < -0.4 is 16.4 Å².